The van der Waals surface area contributed by atoms with Crippen LogP contribution in [0.25, 0.3) is 11.1 Å². The van der Waals surface area contributed by atoms with Gasteiger partial charge in [0, 0.05) is 42.5 Å². The topological polar surface area (TPSA) is 62.3 Å². The van der Waals surface area contributed by atoms with Crippen molar-refractivity contribution in [3.8, 4) is 11.1 Å². The standard InChI is InChI=1S/C23H27N3O2/c1-23(11-12-23)25-21(27)17-7-8-18(15-17)26(2)22(28)20-6-4-3-5-19(20)16-9-13-24-14-10-16/h3-6,9-10,13-14,17-18H,7-8,11-12,15H2,1-2H3,(H,25,27)/t17-,18+/m0/s1. The average molecular weight is 377 g/mol. The van der Waals surface area contributed by atoms with E-state index in [0.29, 0.717) is 5.56 Å². The van der Waals surface area contributed by atoms with Crippen LogP contribution in [-0.2, 0) is 4.79 Å². The minimum Gasteiger partial charge on any atom is -0.351 e. The Morgan fingerprint density at radius 3 is 2.54 bits per heavy atom. The van der Waals surface area contributed by atoms with Crippen molar-refractivity contribution in [3.05, 3.63) is 54.4 Å². The predicted octanol–water partition coefficient (Wildman–Crippen LogP) is 3.66. The Kier molecular flexibility index (Phi) is 4.92. The Morgan fingerprint density at radius 2 is 1.82 bits per heavy atom. The van der Waals surface area contributed by atoms with Gasteiger partial charge in [0.15, 0.2) is 0 Å². The van der Waals surface area contributed by atoms with E-state index in [2.05, 4.69) is 17.2 Å². The van der Waals surface area contributed by atoms with Crippen LogP contribution in [0.2, 0.25) is 0 Å². The number of amides is 2. The molecular formula is C23H27N3O2. The number of benzene rings is 1. The van der Waals surface area contributed by atoms with Gasteiger partial charge >= 0.3 is 0 Å². The van der Waals surface area contributed by atoms with Crippen molar-refractivity contribution >= 4 is 11.8 Å². The number of nitrogens with one attached hydrogen (secondary N) is 1. The Balaban J connectivity index is 1.47. The fourth-order valence-corrected chi connectivity index (χ4v) is 4.07. The molecule has 5 heteroatoms. The molecular weight excluding hydrogens is 350 g/mol. The van der Waals surface area contributed by atoms with Crippen LogP contribution >= 0.6 is 0 Å². The third-order valence-corrected chi connectivity index (χ3v) is 6.22. The van der Waals surface area contributed by atoms with Crippen LogP contribution < -0.4 is 5.32 Å². The maximum absolute atomic E-state index is 13.3. The number of hydrogen-bond donors (Lipinski definition) is 1. The minimum absolute atomic E-state index is 0.00706. The zero-order valence-electron chi connectivity index (χ0n) is 16.5. The molecule has 0 spiro atoms. The van der Waals surface area contributed by atoms with Gasteiger partial charge in [0.1, 0.15) is 0 Å². The maximum Gasteiger partial charge on any atom is 0.254 e. The van der Waals surface area contributed by atoms with E-state index in [0.717, 1.165) is 43.2 Å². The lowest BCUT2D eigenvalue weighted by atomic mass is 9.99. The van der Waals surface area contributed by atoms with Crippen molar-refractivity contribution in [2.24, 2.45) is 5.92 Å². The molecule has 0 unspecified atom stereocenters. The molecule has 2 aliphatic rings. The van der Waals surface area contributed by atoms with Crippen LogP contribution in [0.1, 0.15) is 49.4 Å². The highest BCUT2D eigenvalue weighted by Crippen LogP contribution is 2.37. The summed E-state index contributed by atoms with van der Waals surface area (Å²) in [5, 5.41) is 3.17. The van der Waals surface area contributed by atoms with Gasteiger partial charge in [-0.3, -0.25) is 14.6 Å². The van der Waals surface area contributed by atoms with Crippen LogP contribution in [0.4, 0.5) is 0 Å². The molecule has 1 aromatic carbocycles. The van der Waals surface area contributed by atoms with Crippen LogP contribution in [0.3, 0.4) is 0 Å². The second kappa shape index (κ2) is 7.38. The molecule has 1 N–H and O–H groups in total. The molecule has 5 nitrogen and oxygen atoms in total. The van der Waals surface area contributed by atoms with Crippen LogP contribution in [0, 0.1) is 5.92 Å². The lowest BCUT2D eigenvalue weighted by Crippen LogP contribution is -2.39. The zero-order valence-corrected chi connectivity index (χ0v) is 16.5. The lowest BCUT2D eigenvalue weighted by molar-refractivity contribution is -0.125. The molecule has 2 saturated carbocycles. The summed E-state index contributed by atoms with van der Waals surface area (Å²) in [5.41, 5.74) is 2.60. The summed E-state index contributed by atoms with van der Waals surface area (Å²) in [5.74, 6) is 0.168. The minimum atomic E-state index is 0.00706. The van der Waals surface area contributed by atoms with Gasteiger partial charge < -0.3 is 10.2 Å². The summed E-state index contributed by atoms with van der Waals surface area (Å²) >= 11 is 0. The first-order chi connectivity index (χ1) is 13.5. The van der Waals surface area contributed by atoms with Crippen molar-refractivity contribution in [3.63, 3.8) is 0 Å². The second-order valence-electron chi connectivity index (χ2n) is 8.41. The number of hydrogen-bond acceptors (Lipinski definition) is 3. The molecule has 2 fully saturated rings. The normalized spacial score (nSPS) is 22.5. The number of nitrogens with zero attached hydrogens (tertiary/aromatic N) is 2. The number of carbonyl (C=O) groups is 2. The van der Waals surface area contributed by atoms with Gasteiger partial charge in [-0.2, -0.15) is 0 Å². The molecule has 28 heavy (non-hydrogen) atoms. The predicted molar refractivity (Wildman–Crippen MR) is 109 cm³/mol. The van der Waals surface area contributed by atoms with Crippen molar-refractivity contribution in [1.29, 1.82) is 0 Å². The smallest absolute Gasteiger partial charge is 0.254 e. The van der Waals surface area contributed by atoms with Crippen LogP contribution in [-0.4, -0.2) is 40.3 Å². The first-order valence-electron chi connectivity index (χ1n) is 10.1. The molecule has 1 aromatic heterocycles. The molecule has 2 aliphatic carbocycles. The van der Waals surface area contributed by atoms with E-state index in [1.54, 1.807) is 12.4 Å². The van der Waals surface area contributed by atoms with E-state index < -0.39 is 0 Å². The van der Waals surface area contributed by atoms with Gasteiger partial charge in [-0.1, -0.05) is 18.2 Å². The largest absolute Gasteiger partial charge is 0.351 e. The quantitative estimate of drug-likeness (QED) is 0.865. The fourth-order valence-electron chi connectivity index (χ4n) is 4.07. The average Bonchev–Trinajstić information content (AvgIpc) is 3.24. The highest BCUT2D eigenvalue weighted by molar-refractivity contribution is 6.01. The fraction of sp³-hybridized carbons (Fsp3) is 0.435. The first-order valence-corrected chi connectivity index (χ1v) is 10.1. The number of aromatic nitrogens is 1. The summed E-state index contributed by atoms with van der Waals surface area (Å²) in [4.78, 5) is 31.7. The third-order valence-electron chi connectivity index (χ3n) is 6.22. The first kappa shape index (κ1) is 18.7. The van der Waals surface area contributed by atoms with Gasteiger partial charge in [-0.25, -0.2) is 0 Å². The van der Waals surface area contributed by atoms with E-state index in [4.69, 9.17) is 0 Å². The van der Waals surface area contributed by atoms with Crippen molar-refractivity contribution < 1.29 is 9.59 Å². The van der Waals surface area contributed by atoms with E-state index in [1.165, 1.54) is 0 Å². The second-order valence-corrected chi connectivity index (χ2v) is 8.41. The van der Waals surface area contributed by atoms with E-state index in [9.17, 15) is 9.59 Å². The van der Waals surface area contributed by atoms with Gasteiger partial charge in [0.2, 0.25) is 5.91 Å². The van der Waals surface area contributed by atoms with Crippen molar-refractivity contribution in [2.75, 3.05) is 7.05 Å². The monoisotopic (exact) mass is 377 g/mol. The number of carbonyl (C=O) groups excluding carboxylic acids is 2. The molecule has 4 rings (SSSR count). The van der Waals surface area contributed by atoms with Gasteiger partial charge in [-0.05, 0) is 68.4 Å². The third kappa shape index (κ3) is 3.79. The molecule has 0 aliphatic heterocycles. The SMILES string of the molecule is CN(C(=O)c1ccccc1-c1ccncc1)[C@@H]1CC[C@H](C(=O)NC2(C)CC2)C1. The molecule has 0 bridgehead atoms. The number of pyridine rings is 1. The van der Waals surface area contributed by atoms with Gasteiger partial charge in [-0.15, -0.1) is 0 Å². The molecule has 2 aromatic rings. The van der Waals surface area contributed by atoms with Crippen molar-refractivity contribution in [1.82, 2.24) is 15.2 Å². The van der Waals surface area contributed by atoms with Gasteiger partial charge in [0.05, 0.1) is 0 Å². The van der Waals surface area contributed by atoms with E-state index in [1.807, 2.05) is 48.3 Å². The zero-order chi connectivity index (χ0) is 19.7. The lowest BCUT2D eigenvalue weighted by Gasteiger charge is -2.26. The Morgan fingerprint density at radius 1 is 1.11 bits per heavy atom. The molecule has 146 valence electrons. The molecule has 0 radical (unpaired) electrons. The summed E-state index contributed by atoms with van der Waals surface area (Å²) in [7, 11) is 1.86. The Labute approximate surface area is 166 Å². The summed E-state index contributed by atoms with van der Waals surface area (Å²) in [6.45, 7) is 2.10. The Bertz CT molecular complexity index is 876. The maximum atomic E-state index is 13.3. The number of rotatable bonds is 5. The Hall–Kier alpha value is -2.69. The summed E-state index contributed by atoms with van der Waals surface area (Å²) in [6.07, 6.45) is 8.06. The summed E-state index contributed by atoms with van der Waals surface area (Å²) < 4.78 is 0. The van der Waals surface area contributed by atoms with Crippen LogP contribution in [0.5, 0.6) is 0 Å². The highest BCUT2D eigenvalue weighted by atomic mass is 16.2. The van der Waals surface area contributed by atoms with Gasteiger partial charge in [0.25, 0.3) is 5.91 Å². The molecule has 2 atom stereocenters. The molecule has 2 amide bonds. The van der Waals surface area contributed by atoms with E-state index in [-0.39, 0.29) is 29.3 Å². The summed E-state index contributed by atoms with van der Waals surface area (Å²) in [6, 6.07) is 11.6. The van der Waals surface area contributed by atoms with Crippen molar-refractivity contribution in [2.45, 2.75) is 50.6 Å². The van der Waals surface area contributed by atoms with E-state index >= 15 is 0 Å². The molecule has 1 heterocycles. The highest BCUT2D eigenvalue weighted by Gasteiger charge is 2.42. The van der Waals surface area contributed by atoms with Crippen LogP contribution in [0.15, 0.2) is 48.8 Å². The molecule has 0 saturated heterocycles.